The number of fused-ring (bicyclic) bond motifs is 1. The lowest BCUT2D eigenvalue weighted by Crippen LogP contribution is -2.50. The number of nitrogens with two attached hydrogens (primary N) is 1. The van der Waals surface area contributed by atoms with Gasteiger partial charge in [0.15, 0.2) is 11.6 Å². The molecule has 5 nitrogen and oxygen atoms in total. The van der Waals surface area contributed by atoms with Crippen LogP contribution in [0.4, 0.5) is 19.1 Å². The second-order valence-electron chi connectivity index (χ2n) is 6.64. The van der Waals surface area contributed by atoms with Crippen molar-refractivity contribution in [2.75, 3.05) is 18.0 Å². The van der Waals surface area contributed by atoms with Gasteiger partial charge in [-0.25, -0.2) is 18.2 Å². The van der Waals surface area contributed by atoms with E-state index in [0.29, 0.717) is 34.2 Å². The van der Waals surface area contributed by atoms with Crippen molar-refractivity contribution in [1.82, 2.24) is 14.5 Å². The zero-order chi connectivity index (χ0) is 19.1. The average molecular weight is 396 g/mol. The molecule has 0 saturated carbocycles. The fourth-order valence-corrected chi connectivity index (χ4v) is 3.41. The third kappa shape index (κ3) is 3.46. The van der Waals surface area contributed by atoms with Crippen molar-refractivity contribution >= 4 is 28.6 Å². The zero-order valence-electron chi connectivity index (χ0n) is 14.2. The molecule has 27 heavy (non-hydrogen) atoms. The first-order chi connectivity index (χ1) is 12.9. The van der Waals surface area contributed by atoms with Crippen LogP contribution in [0.25, 0.3) is 11.0 Å². The fourth-order valence-electron chi connectivity index (χ4n) is 3.30. The molecule has 0 bridgehead atoms. The maximum Gasteiger partial charge on any atom is 0.206 e. The highest BCUT2D eigenvalue weighted by molar-refractivity contribution is 6.30. The highest BCUT2D eigenvalue weighted by Gasteiger charge is 2.29. The molecule has 2 N–H and O–H groups in total. The van der Waals surface area contributed by atoms with Crippen LogP contribution in [0.15, 0.2) is 30.5 Å². The quantitative estimate of drug-likeness (QED) is 0.739. The van der Waals surface area contributed by atoms with Crippen molar-refractivity contribution in [3.63, 3.8) is 0 Å². The number of hydrogen-bond donors (Lipinski definition) is 1. The van der Waals surface area contributed by atoms with Crippen molar-refractivity contribution in [2.45, 2.75) is 25.2 Å². The molecule has 3 heterocycles. The monoisotopic (exact) mass is 395 g/mol. The van der Waals surface area contributed by atoms with Crippen molar-refractivity contribution < 1.29 is 13.2 Å². The number of imidazole rings is 1. The number of piperidine rings is 1. The molecule has 2 aromatic heterocycles. The molecule has 1 saturated heterocycles. The predicted octanol–water partition coefficient (Wildman–Crippen LogP) is 3.29. The van der Waals surface area contributed by atoms with E-state index < -0.39 is 23.8 Å². The van der Waals surface area contributed by atoms with Crippen LogP contribution < -0.4 is 10.6 Å². The van der Waals surface area contributed by atoms with Crippen molar-refractivity contribution in [2.24, 2.45) is 5.73 Å². The molecule has 1 fully saturated rings. The van der Waals surface area contributed by atoms with Gasteiger partial charge in [0.05, 0.1) is 34.3 Å². The van der Waals surface area contributed by atoms with Gasteiger partial charge >= 0.3 is 0 Å². The number of nitrogens with zero attached hydrogens (tertiary/aromatic N) is 4. The third-order valence-corrected chi connectivity index (χ3v) is 4.96. The third-order valence-electron chi connectivity index (χ3n) is 4.73. The predicted molar refractivity (Wildman–Crippen MR) is 97.7 cm³/mol. The first kappa shape index (κ1) is 18.1. The summed E-state index contributed by atoms with van der Waals surface area (Å²) < 4.78 is 43.0. The summed E-state index contributed by atoms with van der Waals surface area (Å²) in [6.45, 7) is 0.958. The molecule has 1 aliphatic rings. The summed E-state index contributed by atoms with van der Waals surface area (Å²) in [6.07, 6.45) is 0.708. The summed E-state index contributed by atoms with van der Waals surface area (Å²) in [5.41, 5.74) is 7.28. The van der Waals surface area contributed by atoms with E-state index in [9.17, 15) is 13.2 Å². The molecule has 0 aliphatic carbocycles. The summed E-state index contributed by atoms with van der Waals surface area (Å²) in [4.78, 5) is 10.6. The first-order valence-corrected chi connectivity index (χ1v) is 8.90. The lowest BCUT2D eigenvalue weighted by Gasteiger charge is -2.34. The molecule has 1 aliphatic heterocycles. The van der Waals surface area contributed by atoms with Crippen LogP contribution in [0.3, 0.4) is 0 Å². The molecular weight excluding hydrogens is 379 g/mol. The van der Waals surface area contributed by atoms with Gasteiger partial charge in [-0.1, -0.05) is 11.6 Å². The number of alkyl halides is 1. The van der Waals surface area contributed by atoms with E-state index in [1.165, 1.54) is 6.20 Å². The van der Waals surface area contributed by atoms with Gasteiger partial charge in [0.1, 0.15) is 6.17 Å². The van der Waals surface area contributed by atoms with Gasteiger partial charge < -0.3 is 15.2 Å². The highest BCUT2D eigenvalue weighted by Crippen LogP contribution is 2.28. The van der Waals surface area contributed by atoms with E-state index in [4.69, 9.17) is 17.3 Å². The Bertz CT molecular complexity index is 975. The van der Waals surface area contributed by atoms with E-state index in [2.05, 4.69) is 9.97 Å². The van der Waals surface area contributed by atoms with E-state index in [-0.39, 0.29) is 19.5 Å². The van der Waals surface area contributed by atoms with Crippen LogP contribution in [-0.2, 0) is 6.54 Å². The van der Waals surface area contributed by atoms with Crippen LogP contribution >= 0.6 is 11.6 Å². The Morgan fingerprint density at radius 2 is 2.00 bits per heavy atom. The number of pyridine rings is 1. The van der Waals surface area contributed by atoms with E-state index in [1.54, 1.807) is 16.7 Å². The molecular formula is C18H17ClF3N5. The molecule has 2 atom stereocenters. The highest BCUT2D eigenvalue weighted by atomic mass is 35.5. The van der Waals surface area contributed by atoms with Gasteiger partial charge in [0.25, 0.3) is 0 Å². The van der Waals surface area contributed by atoms with Gasteiger partial charge in [-0.3, -0.25) is 4.98 Å². The Kier molecular flexibility index (Phi) is 4.69. The van der Waals surface area contributed by atoms with Crippen molar-refractivity contribution in [1.29, 1.82) is 0 Å². The van der Waals surface area contributed by atoms with Crippen LogP contribution in [0.2, 0.25) is 5.02 Å². The Morgan fingerprint density at radius 3 is 2.70 bits per heavy atom. The normalized spacial score (nSPS) is 20.4. The summed E-state index contributed by atoms with van der Waals surface area (Å²) in [6, 6.07) is 4.97. The van der Waals surface area contributed by atoms with Crippen molar-refractivity contribution in [3.05, 3.63) is 52.8 Å². The molecule has 3 aromatic rings. The van der Waals surface area contributed by atoms with Crippen molar-refractivity contribution in [3.8, 4) is 0 Å². The maximum atomic E-state index is 13.9. The van der Waals surface area contributed by atoms with E-state index >= 15 is 0 Å². The summed E-state index contributed by atoms with van der Waals surface area (Å²) in [5.74, 6) is -1.45. The van der Waals surface area contributed by atoms with E-state index in [0.717, 1.165) is 12.1 Å². The minimum atomic E-state index is -1.08. The van der Waals surface area contributed by atoms with E-state index in [1.807, 2.05) is 4.90 Å². The van der Waals surface area contributed by atoms with Gasteiger partial charge in [-0.05, 0) is 18.6 Å². The topological polar surface area (TPSA) is 60.0 Å². The number of halogens is 4. The lowest BCUT2D eigenvalue weighted by molar-refractivity contribution is 0.243. The van der Waals surface area contributed by atoms with Gasteiger partial charge in [0.2, 0.25) is 5.95 Å². The van der Waals surface area contributed by atoms with Crippen LogP contribution in [0.5, 0.6) is 0 Å². The van der Waals surface area contributed by atoms with Gasteiger partial charge in [0, 0.05) is 31.4 Å². The zero-order valence-corrected chi connectivity index (χ0v) is 15.0. The smallest absolute Gasteiger partial charge is 0.206 e. The molecule has 0 amide bonds. The van der Waals surface area contributed by atoms with Crippen LogP contribution in [0.1, 0.15) is 12.1 Å². The summed E-state index contributed by atoms with van der Waals surface area (Å²) in [5, 5.41) is 0.499. The second-order valence-corrected chi connectivity index (χ2v) is 7.07. The van der Waals surface area contributed by atoms with Crippen LogP contribution in [-0.4, -0.2) is 39.8 Å². The molecule has 0 spiro atoms. The molecule has 1 aromatic carbocycles. The Morgan fingerprint density at radius 1 is 1.22 bits per heavy atom. The molecule has 1 unspecified atom stereocenters. The number of hydrogen-bond acceptors (Lipinski definition) is 4. The molecule has 142 valence electrons. The fraction of sp³-hybridized carbons (Fsp3) is 0.333. The Labute approximate surface area is 158 Å². The number of rotatable bonds is 3. The lowest BCUT2D eigenvalue weighted by atomic mass is 10.1. The molecule has 9 heteroatoms. The second kappa shape index (κ2) is 7.01. The SMILES string of the molecule is N[C@@H]1CN(c2nc3cc(F)c(F)cc3n2Cc2ccc(Cl)cn2)CCC1F. The largest absolute Gasteiger partial charge is 0.340 e. The standard InChI is InChI=1S/C18H17ClF3N5/c19-10-1-2-11(24-7-10)8-27-17-6-14(22)13(21)5-16(17)25-18(27)26-4-3-12(20)15(23)9-26/h1-2,5-7,12,15H,3-4,8-9,23H2/t12?,15-/m1/s1. The van der Waals surface area contributed by atoms with Gasteiger partial charge in [-0.15, -0.1) is 0 Å². The summed E-state index contributed by atoms with van der Waals surface area (Å²) >= 11 is 5.88. The number of aromatic nitrogens is 3. The van der Waals surface area contributed by atoms with Crippen LogP contribution in [0, 0.1) is 11.6 Å². The minimum absolute atomic E-state index is 0.267. The molecule has 4 rings (SSSR count). The summed E-state index contributed by atoms with van der Waals surface area (Å²) in [7, 11) is 0. The Hall–Kier alpha value is -2.32. The number of benzene rings is 1. The maximum absolute atomic E-state index is 13.9. The Balaban J connectivity index is 1.80. The molecule has 0 radical (unpaired) electrons. The average Bonchev–Trinajstić information content (AvgIpc) is 2.97. The number of anilines is 1. The van der Waals surface area contributed by atoms with Gasteiger partial charge in [-0.2, -0.15) is 0 Å². The minimum Gasteiger partial charge on any atom is -0.340 e. The first-order valence-electron chi connectivity index (χ1n) is 8.52.